The monoisotopic (exact) mass is 584 g/mol. The third-order valence-electron chi connectivity index (χ3n) is 8.03. The van der Waals surface area contributed by atoms with Gasteiger partial charge in [-0.05, 0) is 65.2 Å². The Hall–Kier alpha value is -5.56. The minimum Gasteiger partial charge on any atom is -0.497 e. The molecular weight excluding hydrogens is 555 g/mol. The maximum Gasteiger partial charge on any atom is 0.333 e. The fourth-order valence-electron chi connectivity index (χ4n) is 6.00. The molecule has 7 heteroatoms. The number of hydrogen-bond acceptors (Lipinski definition) is 4. The zero-order chi connectivity index (χ0) is 30.7. The fourth-order valence-corrected chi connectivity index (χ4v) is 6.00. The van der Waals surface area contributed by atoms with Crippen LogP contribution >= 0.6 is 0 Å². The molecule has 0 saturated carbocycles. The summed E-state index contributed by atoms with van der Waals surface area (Å²) >= 11 is 0. The summed E-state index contributed by atoms with van der Waals surface area (Å²) in [6.45, 7) is 0. The largest absolute Gasteiger partial charge is 0.497 e. The molecule has 1 fully saturated rings. The van der Waals surface area contributed by atoms with Crippen molar-refractivity contribution in [2.75, 3.05) is 12.0 Å². The van der Waals surface area contributed by atoms with Crippen LogP contribution in [0.5, 0.6) is 5.75 Å². The minimum atomic E-state index is -1.30. The number of ether oxygens (including phenoxy) is 1. The smallest absolute Gasteiger partial charge is 0.333 e. The number of amides is 3. The molecule has 5 aromatic carbocycles. The SMILES string of the molecule is COc1ccc(N2C(=O)C(CC(=O)c3ccc(F)cc3)N(C(c3ccccc3)(c3ccccc3)c3ccccc3)C2=O)cc1. The molecule has 5 aromatic rings. The topological polar surface area (TPSA) is 66.9 Å². The summed E-state index contributed by atoms with van der Waals surface area (Å²) in [7, 11) is 1.54. The van der Waals surface area contributed by atoms with Crippen molar-refractivity contribution in [3.05, 3.63) is 168 Å². The van der Waals surface area contributed by atoms with Crippen molar-refractivity contribution >= 4 is 23.4 Å². The molecule has 6 rings (SSSR count). The van der Waals surface area contributed by atoms with Crippen LogP contribution in [-0.2, 0) is 10.3 Å². The van der Waals surface area contributed by atoms with Gasteiger partial charge in [0.25, 0.3) is 5.91 Å². The number of ketones is 1. The van der Waals surface area contributed by atoms with Gasteiger partial charge < -0.3 is 4.74 Å². The molecule has 1 aliphatic rings. The Bertz CT molecular complexity index is 1680. The second-order valence-electron chi connectivity index (χ2n) is 10.5. The van der Waals surface area contributed by atoms with Gasteiger partial charge >= 0.3 is 6.03 Å². The van der Waals surface area contributed by atoms with E-state index in [0.717, 1.165) is 21.6 Å². The summed E-state index contributed by atoms with van der Waals surface area (Å²) in [5, 5.41) is 0. The summed E-state index contributed by atoms with van der Waals surface area (Å²) < 4.78 is 19.0. The number of carbonyl (C=O) groups excluding carboxylic acids is 3. The number of hydrogen-bond donors (Lipinski definition) is 0. The van der Waals surface area contributed by atoms with Crippen molar-refractivity contribution in [2.45, 2.75) is 18.0 Å². The van der Waals surface area contributed by atoms with Gasteiger partial charge in [-0.3, -0.25) is 14.5 Å². The second-order valence-corrected chi connectivity index (χ2v) is 10.5. The van der Waals surface area contributed by atoms with Crippen LogP contribution in [0.4, 0.5) is 14.9 Å². The number of anilines is 1. The molecule has 1 unspecified atom stereocenters. The maximum atomic E-state index is 14.8. The third-order valence-corrected chi connectivity index (χ3v) is 8.03. The van der Waals surface area contributed by atoms with Crippen molar-refractivity contribution in [1.82, 2.24) is 4.90 Å². The van der Waals surface area contributed by atoms with Gasteiger partial charge in [-0.15, -0.1) is 0 Å². The Kier molecular flexibility index (Phi) is 7.77. The molecule has 1 aliphatic heterocycles. The van der Waals surface area contributed by atoms with E-state index in [4.69, 9.17) is 4.74 Å². The van der Waals surface area contributed by atoms with Gasteiger partial charge in [0.2, 0.25) is 0 Å². The zero-order valence-electron chi connectivity index (χ0n) is 24.0. The third kappa shape index (κ3) is 4.92. The number of imide groups is 1. The Morgan fingerprint density at radius 3 is 1.64 bits per heavy atom. The van der Waals surface area contributed by atoms with Crippen LogP contribution in [-0.4, -0.2) is 35.8 Å². The Labute approximate surface area is 254 Å². The van der Waals surface area contributed by atoms with E-state index in [0.29, 0.717) is 11.4 Å². The molecule has 1 atom stereocenters. The molecule has 0 aliphatic carbocycles. The van der Waals surface area contributed by atoms with Crippen LogP contribution in [0.1, 0.15) is 33.5 Å². The number of methoxy groups -OCH3 is 1. The van der Waals surface area contributed by atoms with Gasteiger partial charge in [0.05, 0.1) is 12.8 Å². The first kappa shape index (κ1) is 28.6. The van der Waals surface area contributed by atoms with E-state index < -0.39 is 29.3 Å². The standard InChI is InChI=1S/C37H29FN2O4/c1-44-32-23-21-31(22-24-32)39-35(42)33(25-34(41)26-17-19-30(38)20-18-26)40(36(39)43)37(27-11-5-2-6-12-27,28-13-7-3-8-14-28)29-15-9-4-10-16-29/h2-24,33H,25H2,1H3. The quantitative estimate of drug-likeness (QED) is 0.104. The highest BCUT2D eigenvalue weighted by Crippen LogP contribution is 2.47. The van der Waals surface area contributed by atoms with E-state index in [1.54, 1.807) is 29.2 Å². The minimum absolute atomic E-state index is 0.249. The van der Waals surface area contributed by atoms with Crippen molar-refractivity contribution in [1.29, 1.82) is 0 Å². The summed E-state index contributed by atoms with van der Waals surface area (Å²) in [5.41, 5.74) is 1.54. The number of carbonyl (C=O) groups is 3. The highest BCUT2D eigenvalue weighted by Gasteiger charge is 2.57. The van der Waals surface area contributed by atoms with Crippen LogP contribution in [0.15, 0.2) is 140 Å². The molecular formula is C37H29FN2O4. The highest BCUT2D eigenvalue weighted by molar-refractivity contribution is 6.23. The lowest BCUT2D eigenvalue weighted by Gasteiger charge is -2.45. The number of rotatable bonds is 9. The van der Waals surface area contributed by atoms with Crippen LogP contribution in [0.25, 0.3) is 0 Å². The molecule has 0 spiro atoms. The van der Waals surface area contributed by atoms with Crippen LogP contribution in [0.3, 0.4) is 0 Å². The second kappa shape index (κ2) is 12.0. The Morgan fingerprint density at radius 2 is 1.18 bits per heavy atom. The normalized spacial score (nSPS) is 15.0. The first-order valence-electron chi connectivity index (χ1n) is 14.2. The van der Waals surface area contributed by atoms with Gasteiger partial charge in [0, 0.05) is 12.0 Å². The van der Waals surface area contributed by atoms with Crippen molar-refractivity contribution in [2.24, 2.45) is 0 Å². The number of nitrogens with zero attached hydrogens (tertiary/aromatic N) is 2. The fraction of sp³-hybridized carbons (Fsp3) is 0.108. The number of halogens is 1. The molecule has 6 nitrogen and oxygen atoms in total. The van der Waals surface area contributed by atoms with E-state index in [-0.39, 0.29) is 17.8 Å². The van der Waals surface area contributed by atoms with E-state index in [1.807, 2.05) is 91.0 Å². The summed E-state index contributed by atoms with van der Waals surface area (Å²) in [6.07, 6.45) is -0.308. The lowest BCUT2D eigenvalue weighted by Crippen LogP contribution is -2.54. The molecule has 0 radical (unpaired) electrons. The average Bonchev–Trinajstić information content (AvgIpc) is 3.32. The molecule has 1 heterocycles. The molecule has 0 bridgehead atoms. The average molecular weight is 585 g/mol. The summed E-state index contributed by atoms with van der Waals surface area (Å²) in [4.78, 5) is 45.7. The van der Waals surface area contributed by atoms with Gasteiger partial charge in [-0.25, -0.2) is 14.1 Å². The van der Waals surface area contributed by atoms with E-state index in [2.05, 4.69) is 0 Å². The Balaban J connectivity index is 1.61. The predicted octanol–water partition coefficient (Wildman–Crippen LogP) is 7.24. The van der Waals surface area contributed by atoms with Gasteiger partial charge in [-0.2, -0.15) is 0 Å². The lowest BCUT2D eigenvalue weighted by molar-refractivity contribution is -0.120. The summed E-state index contributed by atoms with van der Waals surface area (Å²) in [6, 6.07) is 38.6. The van der Waals surface area contributed by atoms with Crippen LogP contribution < -0.4 is 9.64 Å². The first-order chi connectivity index (χ1) is 21.4. The molecule has 218 valence electrons. The van der Waals surface area contributed by atoms with Gasteiger partial charge in [0.15, 0.2) is 5.78 Å². The highest BCUT2D eigenvalue weighted by atomic mass is 19.1. The van der Waals surface area contributed by atoms with Crippen molar-refractivity contribution in [3.63, 3.8) is 0 Å². The maximum absolute atomic E-state index is 14.8. The molecule has 0 aromatic heterocycles. The molecule has 0 N–H and O–H groups in total. The lowest BCUT2D eigenvalue weighted by atomic mass is 9.75. The van der Waals surface area contributed by atoms with E-state index in [1.165, 1.54) is 31.4 Å². The predicted molar refractivity (Wildman–Crippen MR) is 166 cm³/mol. The number of Topliss-reactive ketones (excluding diaryl/α,β-unsaturated/α-hetero) is 1. The van der Waals surface area contributed by atoms with Gasteiger partial charge in [0.1, 0.15) is 23.1 Å². The van der Waals surface area contributed by atoms with Crippen molar-refractivity contribution < 1.29 is 23.5 Å². The number of benzene rings is 5. The van der Waals surface area contributed by atoms with Crippen LogP contribution in [0, 0.1) is 5.82 Å². The van der Waals surface area contributed by atoms with E-state index >= 15 is 0 Å². The molecule has 3 amide bonds. The Morgan fingerprint density at radius 1 is 0.705 bits per heavy atom. The van der Waals surface area contributed by atoms with Crippen molar-refractivity contribution in [3.8, 4) is 5.75 Å². The number of urea groups is 1. The summed E-state index contributed by atoms with van der Waals surface area (Å²) in [5.74, 6) is -0.833. The van der Waals surface area contributed by atoms with Crippen LogP contribution in [0.2, 0.25) is 0 Å². The molecule has 1 saturated heterocycles. The van der Waals surface area contributed by atoms with Gasteiger partial charge in [-0.1, -0.05) is 91.0 Å². The van der Waals surface area contributed by atoms with E-state index in [9.17, 15) is 18.8 Å². The first-order valence-corrected chi connectivity index (χ1v) is 14.2. The zero-order valence-corrected chi connectivity index (χ0v) is 24.0. The molecule has 44 heavy (non-hydrogen) atoms.